The third kappa shape index (κ3) is 1.89. The Balaban J connectivity index is 2.31. The molecule has 0 unspecified atom stereocenters. The van der Waals surface area contributed by atoms with Crippen molar-refractivity contribution in [2.24, 2.45) is 0 Å². The Kier molecular flexibility index (Phi) is 3.24. The van der Waals surface area contributed by atoms with E-state index in [0.29, 0.717) is 22.1 Å². The molecule has 1 heterocycles. The third-order valence-corrected chi connectivity index (χ3v) is 3.36. The van der Waals surface area contributed by atoms with Gasteiger partial charge in [0.05, 0.1) is 24.6 Å². The van der Waals surface area contributed by atoms with Gasteiger partial charge in [0.15, 0.2) is 5.75 Å². The van der Waals surface area contributed by atoms with Crippen molar-refractivity contribution >= 4 is 22.6 Å². The van der Waals surface area contributed by atoms with Crippen molar-refractivity contribution in [2.75, 3.05) is 14.2 Å². The van der Waals surface area contributed by atoms with E-state index in [2.05, 4.69) is 5.16 Å². The van der Waals surface area contributed by atoms with Crippen LogP contribution in [0, 0.1) is 0 Å². The van der Waals surface area contributed by atoms with E-state index in [9.17, 15) is 0 Å². The van der Waals surface area contributed by atoms with Gasteiger partial charge in [-0.1, -0.05) is 47.1 Å². The number of benzene rings is 2. The van der Waals surface area contributed by atoms with Crippen molar-refractivity contribution < 1.29 is 14.0 Å². The van der Waals surface area contributed by atoms with E-state index in [0.717, 1.165) is 16.6 Å². The van der Waals surface area contributed by atoms with Crippen LogP contribution in [0.3, 0.4) is 0 Å². The molecule has 3 aromatic rings. The minimum Gasteiger partial charge on any atom is -0.491 e. The zero-order chi connectivity index (χ0) is 14.1. The standard InChI is InChI=1S/C15H12ClNO3/c1-18-14-11(16)8-10-12(9-6-4-3-5-7-9)17-20-13(10)15(14)19-2/h3-8H,1-2H3. The number of methoxy groups -OCH3 is 2. The number of halogens is 1. The maximum Gasteiger partial charge on any atom is 0.213 e. The summed E-state index contributed by atoms with van der Waals surface area (Å²) in [6, 6.07) is 11.5. The van der Waals surface area contributed by atoms with Gasteiger partial charge in [-0.25, -0.2) is 0 Å². The molecule has 0 amide bonds. The normalized spacial score (nSPS) is 10.8. The number of rotatable bonds is 3. The van der Waals surface area contributed by atoms with Crippen LogP contribution in [0.1, 0.15) is 0 Å². The second-order valence-corrected chi connectivity index (χ2v) is 4.61. The zero-order valence-corrected chi connectivity index (χ0v) is 11.8. The van der Waals surface area contributed by atoms with Gasteiger partial charge in [-0.15, -0.1) is 0 Å². The third-order valence-electron chi connectivity index (χ3n) is 3.08. The van der Waals surface area contributed by atoms with Gasteiger partial charge < -0.3 is 14.0 Å². The van der Waals surface area contributed by atoms with Crippen LogP contribution in [0.2, 0.25) is 5.02 Å². The van der Waals surface area contributed by atoms with Gasteiger partial charge in [0.2, 0.25) is 11.3 Å². The minimum atomic E-state index is 0.442. The van der Waals surface area contributed by atoms with Crippen LogP contribution in [0.5, 0.6) is 11.5 Å². The predicted molar refractivity (Wildman–Crippen MR) is 77.6 cm³/mol. The van der Waals surface area contributed by atoms with E-state index < -0.39 is 0 Å². The maximum atomic E-state index is 6.23. The van der Waals surface area contributed by atoms with Crippen LogP contribution in [0.25, 0.3) is 22.2 Å². The Morgan fingerprint density at radius 1 is 1.05 bits per heavy atom. The molecule has 20 heavy (non-hydrogen) atoms. The van der Waals surface area contributed by atoms with Gasteiger partial charge in [-0.05, 0) is 6.07 Å². The van der Waals surface area contributed by atoms with E-state index in [1.165, 1.54) is 7.11 Å². The van der Waals surface area contributed by atoms with Crippen LogP contribution in [-0.2, 0) is 0 Å². The molecular formula is C15H12ClNO3. The molecule has 102 valence electrons. The van der Waals surface area contributed by atoms with Crippen LogP contribution in [0.4, 0.5) is 0 Å². The molecular weight excluding hydrogens is 278 g/mol. The van der Waals surface area contributed by atoms with Crippen molar-refractivity contribution in [1.82, 2.24) is 5.16 Å². The average Bonchev–Trinajstić information content (AvgIpc) is 2.90. The zero-order valence-electron chi connectivity index (χ0n) is 11.0. The molecule has 3 rings (SSSR count). The van der Waals surface area contributed by atoms with Crippen molar-refractivity contribution in [3.05, 3.63) is 41.4 Å². The lowest BCUT2D eigenvalue weighted by atomic mass is 10.1. The molecule has 0 aliphatic heterocycles. The molecule has 0 N–H and O–H groups in total. The number of aromatic nitrogens is 1. The smallest absolute Gasteiger partial charge is 0.213 e. The number of hydrogen-bond acceptors (Lipinski definition) is 4. The van der Waals surface area contributed by atoms with Crippen LogP contribution in [-0.4, -0.2) is 19.4 Å². The van der Waals surface area contributed by atoms with Crippen LogP contribution in [0.15, 0.2) is 40.9 Å². The SMILES string of the molecule is COc1c(Cl)cc2c(-c3ccccc3)noc2c1OC. The highest BCUT2D eigenvalue weighted by Gasteiger charge is 2.21. The van der Waals surface area contributed by atoms with Crippen molar-refractivity contribution in [2.45, 2.75) is 0 Å². The first-order chi connectivity index (χ1) is 9.76. The Labute approximate surface area is 120 Å². The molecule has 0 aliphatic carbocycles. The molecule has 4 nitrogen and oxygen atoms in total. The largest absolute Gasteiger partial charge is 0.491 e. The first-order valence-electron chi connectivity index (χ1n) is 6.01. The Bertz CT molecular complexity index is 753. The summed E-state index contributed by atoms with van der Waals surface area (Å²) in [5.41, 5.74) is 2.20. The van der Waals surface area contributed by atoms with E-state index >= 15 is 0 Å². The average molecular weight is 290 g/mol. The monoisotopic (exact) mass is 289 g/mol. The lowest BCUT2D eigenvalue weighted by Crippen LogP contribution is -1.91. The van der Waals surface area contributed by atoms with Crippen LogP contribution < -0.4 is 9.47 Å². The number of hydrogen-bond donors (Lipinski definition) is 0. The van der Waals surface area contributed by atoms with Crippen molar-refractivity contribution in [3.63, 3.8) is 0 Å². The van der Waals surface area contributed by atoms with Crippen molar-refractivity contribution in [1.29, 1.82) is 0 Å². The highest BCUT2D eigenvalue weighted by atomic mass is 35.5. The molecule has 0 saturated carbocycles. The maximum absolute atomic E-state index is 6.23. The van der Waals surface area contributed by atoms with Gasteiger partial charge >= 0.3 is 0 Å². The molecule has 0 fully saturated rings. The van der Waals surface area contributed by atoms with Gasteiger partial charge in [-0.2, -0.15) is 0 Å². The molecule has 0 radical (unpaired) electrons. The van der Waals surface area contributed by atoms with Gasteiger partial charge in [0, 0.05) is 5.56 Å². The fraction of sp³-hybridized carbons (Fsp3) is 0.133. The fourth-order valence-corrected chi connectivity index (χ4v) is 2.45. The van der Waals surface area contributed by atoms with E-state index in [-0.39, 0.29) is 0 Å². The quantitative estimate of drug-likeness (QED) is 0.726. The summed E-state index contributed by atoms with van der Waals surface area (Å²) in [7, 11) is 3.07. The number of ether oxygens (including phenoxy) is 2. The molecule has 0 spiro atoms. The van der Waals surface area contributed by atoms with Gasteiger partial charge in [-0.3, -0.25) is 0 Å². The second-order valence-electron chi connectivity index (χ2n) is 4.20. The summed E-state index contributed by atoms with van der Waals surface area (Å²) in [4.78, 5) is 0. The molecule has 0 aliphatic rings. The summed E-state index contributed by atoms with van der Waals surface area (Å²) in [5, 5.41) is 5.37. The van der Waals surface area contributed by atoms with E-state index in [1.807, 2.05) is 30.3 Å². The molecule has 0 saturated heterocycles. The van der Waals surface area contributed by atoms with E-state index in [4.69, 9.17) is 25.6 Å². The Morgan fingerprint density at radius 2 is 1.75 bits per heavy atom. The topological polar surface area (TPSA) is 44.5 Å². The summed E-state index contributed by atoms with van der Waals surface area (Å²) in [6.07, 6.45) is 0. The summed E-state index contributed by atoms with van der Waals surface area (Å²) < 4.78 is 16.0. The minimum absolute atomic E-state index is 0.442. The molecule has 2 aromatic carbocycles. The Morgan fingerprint density at radius 3 is 2.40 bits per heavy atom. The highest BCUT2D eigenvalue weighted by molar-refractivity contribution is 6.33. The summed E-state index contributed by atoms with van der Waals surface area (Å²) in [6.45, 7) is 0. The fourth-order valence-electron chi connectivity index (χ4n) is 2.18. The molecule has 0 bridgehead atoms. The van der Waals surface area contributed by atoms with E-state index in [1.54, 1.807) is 13.2 Å². The van der Waals surface area contributed by atoms with Gasteiger partial charge in [0.1, 0.15) is 5.69 Å². The van der Waals surface area contributed by atoms with Gasteiger partial charge in [0.25, 0.3) is 0 Å². The highest BCUT2D eigenvalue weighted by Crippen LogP contribution is 2.44. The Hall–Kier alpha value is -2.20. The molecule has 0 atom stereocenters. The van der Waals surface area contributed by atoms with Crippen LogP contribution >= 0.6 is 11.6 Å². The molecule has 5 heteroatoms. The summed E-state index contributed by atoms with van der Waals surface area (Å²) >= 11 is 6.23. The lowest BCUT2D eigenvalue weighted by Gasteiger charge is -2.08. The first kappa shape index (κ1) is 12.8. The summed E-state index contributed by atoms with van der Waals surface area (Å²) in [5.74, 6) is 0.891. The molecule has 1 aromatic heterocycles. The second kappa shape index (κ2) is 5.06. The first-order valence-corrected chi connectivity index (χ1v) is 6.39. The van der Waals surface area contributed by atoms with Crippen molar-refractivity contribution in [3.8, 4) is 22.8 Å². The number of nitrogens with zero attached hydrogens (tertiary/aromatic N) is 1. The predicted octanol–water partition coefficient (Wildman–Crippen LogP) is 4.17. The lowest BCUT2D eigenvalue weighted by molar-refractivity contribution is 0.348. The number of fused-ring (bicyclic) bond motifs is 1.